The molecule has 0 spiro atoms. The summed E-state index contributed by atoms with van der Waals surface area (Å²) in [6, 6.07) is 10.6. The number of hydrogen-bond donors (Lipinski definition) is 2. The minimum Gasteiger partial charge on any atom is -0.493 e. The number of nitrogens with one attached hydrogen (secondary N) is 2. The van der Waals surface area contributed by atoms with Crippen molar-refractivity contribution < 1.29 is 9.47 Å². The molecule has 5 nitrogen and oxygen atoms in total. The van der Waals surface area contributed by atoms with Gasteiger partial charge in [0.25, 0.3) is 0 Å². The monoisotopic (exact) mass is 401 g/mol. The van der Waals surface area contributed by atoms with Gasteiger partial charge in [0.05, 0.1) is 13.2 Å². The highest BCUT2D eigenvalue weighted by molar-refractivity contribution is 7.10. The molecular weight excluding hydrogens is 370 g/mol. The van der Waals surface area contributed by atoms with Crippen molar-refractivity contribution in [2.45, 2.75) is 32.7 Å². The third kappa shape index (κ3) is 5.97. The van der Waals surface area contributed by atoms with Gasteiger partial charge < -0.3 is 20.1 Å². The van der Waals surface area contributed by atoms with Gasteiger partial charge >= 0.3 is 0 Å². The van der Waals surface area contributed by atoms with Gasteiger partial charge in [0.15, 0.2) is 5.96 Å². The number of aliphatic imine (C=N–C) groups is 1. The van der Waals surface area contributed by atoms with Gasteiger partial charge in [-0.1, -0.05) is 25.1 Å². The number of aryl methyl sites for hydroxylation is 1. The molecule has 1 aliphatic rings. The Morgan fingerprint density at radius 1 is 1.36 bits per heavy atom. The first-order chi connectivity index (χ1) is 13.7. The fraction of sp³-hybridized carbons (Fsp3) is 0.500. The van der Waals surface area contributed by atoms with Gasteiger partial charge in [-0.05, 0) is 36.4 Å². The molecule has 1 aliphatic heterocycles. The maximum absolute atomic E-state index is 6.14. The predicted molar refractivity (Wildman–Crippen MR) is 117 cm³/mol. The van der Waals surface area contributed by atoms with E-state index in [1.165, 1.54) is 10.4 Å². The van der Waals surface area contributed by atoms with Crippen LogP contribution in [0.25, 0.3) is 0 Å². The molecule has 2 aromatic rings. The van der Waals surface area contributed by atoms with Crippen molar-refractivity contribution in [3.05, 3.63) is 51.7 Å². The van der Waals surface area contributed by atoms with Gasteiger partial charge in [-0.15, -0.1) is 11.3 Å². The van der Waals surface area contributed by atoms with Crippen LogP contribution in [0.4, 0.5) is 0 Å². The lowest BCUT2D eigenvalue weighted by Gasteiger charge is -2.18. The van der Waals surface area contributed by atoms with Crippen LogP contribution in [0.2, 0.25) is 0 Å². The quantitative estimate of drug-likeness (QED) is 0.520. The van der Waals surface area contributed by atoms with Crippen molar-refractivity contribution in [2.24, 2.45) is 10.9 Å². The van der Waals surface area contributed by atoms with Crippen LogP contribution >= 0.6 is 11.3 Å². The van der Waals surface area contributed by atoms with Crippen LogP contribution in [0.15, 0.2) is 40.7 Å². The molecule has 1 saturated heterocycles. The zero-order valence-electron chi connectivity index (χ0n) is 17.0. The molecule has 1 aromatic carbocycles. The minimum atomic E-state index is 0.449. The number of ether oxygens (including phenoxy) is 2. The second kappa shape index (κ2) is 10.5. The Balaban J connectivity index is 1.53. The van der Waals surface area contributed by atoms with E-state index in [0.717, 1.165) is 43.5 Å². The third-order valence-corrected chi connectivity index (χ3v) is 6.10. The van der Waals surface area contributed by atoms with E-state index >= 15 is 0 Å². The van der Waals surface area contributed by atoms with Gasteiger partial charge in [-0.25, -0.2) is 0 Å². The Morgan fingerprint density at radius 3 is 2.96 bits per heavy atom. The molecule has 0 aliphatic carbocycles. The Labute approximate surface area is 172 Å². The smallest absolute Gasteiger partial charge is 0.191 e. The van der Waals surface area contributed by atoms with Crippen molar-refractivity contribution in [1.82, 2.24) is 10.6 Å². The number of hydrogen-bond acceptors (Lipinski definition) is 4. The zero-order valence-corrected chi connectivity index (χ0v) is 17.8. The van der Waals surface area contributed by atoms with Gasteiger partial charge in [0, 0.05) is 49.0 Å². The molecule has 0 radical (unpaired) electrons. The van der Waals surface area contributed by atoms with Crippen molar-refractivity contribution in [2.75, 3.05) is 33.4 Å². The van der Waals surface area contributed by atoms with E-state index in [0.29, 0.717) is 25.0 Å². The fourth-order valence-electron chi connectivity index (χ4n) is 3.19. The van der Waals surface area contributed by atoms with Gasteiger partial charge in [0.1, 0.15) is 5.75 Å². The second-order valence-electron chi connectivity index (χ2n) is 7.37. The number of guanidine groups is 1. The molecule has 2 atom stereocenters. The highest BCUT2D eigenvalue weighted by Crippen LogP contribution is 2.23. The summed E-state index contributed by atoms with van der Waals surface area (Å²) in [5, 5.41) is 8.96. The molecule has 0 amide bonds. The number of benzene rings is 1. The average Bonchev–Trinajstić information content (AvgIpc) is 3.41. The molecule has 28 heavy (non-hydrogen) atoms. The Hall–Kier alpha value is -2.05. The maximum atomic E-state index is 6.14. The molecule has 2 unspecified atom stereocenters. The Bertz CT molecular complexity index is 755. The molecule has 3 rings (SSSR count). The lowest BCUT2D eigenvalue weighted by molar-refractivity contribution is 0.166. The largest absolute Gasteiger partial charge is 0.493 e. The van der Waals surface area contributed by atoms with E-state index in [-0.39, 0.29) is 0 Å². The Kier molecular flexibility index (Phi) is 7.74. The lowest BCUT2D eigenvalue weighted by atomic mass is 10.1. The summed E-state index contributed by atoms with van der Waals surface area (Å²) in [4.78, 5) is 5.74. The fourth-order valence-corrected chi connectivity index (χ4v) is 3.97. The summed E-state index contributed by atoms with van der Waals surface area (Å²) >= 11 is 1.79. The van der Waals surface area contributed by atoms with E-state index in [2.05, 4.69) is 65.2 Å². The van der Waals surface area contributed by atoms with E-state index in [9.17, 15) is 0 Å². The standard InChI is InChI=1S/C22H31N3O2S/c1-16-6-7-19(20(11-16)27-15-18-8-9-26-14-18)13-25-22(23-3)24-12-17(2)21-5-4-10-28-21/h4-7,10-11,17-18H,8-9,12-15H2,1-3H3,(H2,23,24,25). The normalized spacial score (nSPS) is 18.1. The maximum Gasteiger partial charge on any atom is 0.191 e. The average molecular weight is 402 g/mol. The van der Waals surface area contributed by atoms with Crippen molar-refractivity contribution >= 4 is 17.3 Å². The first-order valence-electron chi connectivity index (χ1n) is 9.93. The minimum absolute atomic E-state index is 0.449. The van der Waals surface area contributed by atoms with Gasteiger partial charge in [-0.2, -0.15) is 0 Å². The third-order valence-electron chi connectivity index (χ3n) is 5.00. The van der Waals surface area contributed by atoms with Crippen LogP contribution in [-0.4, -0.2) is 39.4 Å². The molecule has 1 aromatic heterocycles. The molecule has 0 saturated carbocycles. The first-order valence-corrected chi connectivity index (χ1v) is 10.8. The summed E-state index contributed by atoms with van der Waals surface area (Å²) in [6.45, 7) is 8.20. The van der Waals surface area contributed by atoms with E-state index < -0.39 is 0 Å². The van der Waals surface area contributed by atoms with Crippen molar-refractivity contribution in [3.8, 4) is 5.75 Å². The van der Waals surface area contributed by atoms with Crippen molar-refractivity contribution in [3.63, 3.8) is 0 Å². The molecular formula is C22H31N3O2S. The highest BCUT2D eigenvalue weighted by atomic mass is 32.1. The van der Waals surface area contributed by atoms with Crippen LogP contribution in [0.3, 0.4) is 0 Å². The molecule has 2 N–H and O–H groups in total. The van der Waals surface area contributed by atoms with Gasteiger partial charge in [0.2, 0.25) is 0 Å². The first kappa shape index (κ1) is 20.7. The summed E-state index contributed by atoms with van der Waals surface area (Å²) in [5.74, 6) is 2.70. The van der Waals surface area contributed by atoms with Crippen LogP contribution in [0.5, 0.6) is 5.75 Å². The molecule has 6 heteroatoms. The SMILES string of the molecule is CN=C(NCc1ccc(C)cc1OCC1CCOC1)NCC(C)c1cccs1. The topological polar surface area (TPSA) is 54.9 Å². The predicted octanol–water partition coefficient (Wildman–Crippen LogP) is 3.94. The van der Waals surface area contributed by atoms with Crippen molar-refractivity contribution in [1.29, 1.82) is 0 Å². The van der Waals surface area contributed by atoms with E-state index in [1.807, 2.05) is 0 Å². The summed E-state index contributed by atoms with van der Waals surface area (Å²) in [5.41, 5.74) is 2.34. The number of nitrogens with zero attached hydrogens (tertiary/aromatic N) is 1. The summed E-state index contributed by atoms with van der Waals surface area (Å²) in [7, 11) is 1.80. The molecule has 152 valence electrons. The lowest BCUT2D eigenvalue weighted by Crippen LogP contribution is -2.38. The van der Waals surface area contributed by atoms with Gasteiger partial charge in [-0.3, -0.25) is 4.99 Å². The van der Waals surface area contributed by atoms with Crippen LogP contribution in [0, 0.1) is 12.8 Å². The summed E-state index contributed by atoms with van der Waals surface area (Å²) in [6.07, 6.45) is 1.08. The van der Waals surface area contributed by atoms with E-state index in [4.69, 9.17) is 9.47 Å². The van der Waals surface area contributed by atoms with Crippen LogP contribution in [-0.2, 0) is 11.3 Å². The second-order valence-corrected chi connectivity index (χ2v) is 8.35. The zero-order chi connectivity index (χ0) is 19.8. The molecule has 2 heterocycles. The molecule has 1 fully saturated rings. The summed E-state index contributed by atoms with van der Waals surface area (Å²) < 4.78 is 11.6. The highest BCUT2D eigenvalue weighted by Gasteiger charge is 2.17. The van der Waals surface area contributed by atoms with Crippen LogP contribution in [0.1, 0.15) is 35.3 Å². The number of rotatable bonds is 8. The number of thiophene rings is 1. The van der Waals surface area contributed by atoms with Crippen LogP contribution < -0.4 is 15.4 Å². The molecule has 0 bridgehead atoms. The Morgan fingerprint density at radius 2 is 2.25 bits per heavy atom. The van der Waals surface area contributed by atoms with E-state index in [1.54, 1.807) is 18.4 Å².